The van der Waals surface area contributed by atoms with Crippen LogP contribution in [0.15, 0.2) is 12.1 Å². The Morgan fingerprint density at radius 3 is 2.75 bits per heavy atom. The highest BCUT2D eigenvalue weighted by molar-refractivity contribution is 6.31. The smallest absolute Gasteiger partial charge is 0.231 e. The van der Waals surface area contributed by atoms with Crippen molar-refractivity contribution < 1.29 is 19.7 Å². The Kier molecular flexibility index (Phi) is 4.03. The Morgan fingerprint density at radius 1 is 1.30 bits per heavy atom. The first kappa shape index (κ1) is 13.9. The van der Waals surface area contributed by atoms with Gasteiger partial charge in [-0.25, -0.2) is 0 Å². The van der Waals surface area contributed by atoms with Crippen LogP contribution in [0.25, 0.3) is 0 Å². The van der Waals surface area contributed by atoms with Gasteiger partial charge in [-0.2, -0.15) is 0 Å². The molecule has 0 unspecified atom stereocenters. The Labute approximate surface area is 122 Å². The van der Waals surface area contributed by atoms with Gasteiger partial charge in [-0.15, -0.1) is 0 Å². The number of nitrogens with zero attached hydrogens (tertiary/aromatic N) is 1. The molecule has 1 fully saturated rings. The maximum atomic E-state index is 9.96. The summed E-state index contributed by atoms with van der Waals surface area (Å²) in [5.41, 5.74) is 0.963. The average molecular weight is 300 g/mol. The Morgan fingerprint density at radius 2 is 2.05 bits per heavy atom. The summed E-state index contributed by atoms with van der Waals surface area (Å²) in [4.78, 5) is 2.14. The van der Waals surface area contributed by atoms with Crippen molar-refractivity contribution in [2.45, 2.75) is 19.1 Å². The standard InChI is InChI=1S/C14H18ClNO4/c15-11-4-14-13(19-8-20-14)3-10(11)5-16-2-1-9(7-17)12(18)6-16/h3-4,9,12,17-18H,1-2,5-8H2/t9-,12+/m0/s1. The predicted octanol–water partition coefficient (Wildman–Crippen LogP) is 1.24. The van der Waals surface area contributed by atoms with Crippen molar-refractivity contribution in [3.05, 3.63) is 22.7 Å². The third-order valence-corrected chi connectivity index (χ3v) is 4.33. The second-order valence-electron chi connectivity index (χ2n) is 5.33. The Balaban J connectivity index is 1.69. The Bertz CT molecular complexity index is 496. The van der Waals surface area contributed by atoms with E-state index in [9.17, 15) is 5.11 Å². The minimum atomic E-state index is -0.485. The van der Waals surface area contributed by atoms with Gasteiger partial charge in [-0.05, 0) is 24.6 Å². The number of aliphatic hydroxyl groups excluding tert-OH is 2. The lowest BCUT2D eigenvalue weighted by Crippen LogP contribution is -2.44. The van der Waals surface area contributed by atoms with Gasteiger partial charge in [0, 0.05) is 36.7 Å². The summed E-state index contributed by atoms with van der Waals surface area (Å²) in [5, 5.41) is 19.8. The normalized spacial score (nSPS) is 25.9. The molecule has 0 aliphatic carbocycles. The number of benzene rings is 1. The summed E-state index contributed by atoms with van der Waals surface area (Å²) < 4.78 is 10.6. The largest absolute Gasteiger partial charge is 0.454 e. The number of piperidine rings is 1. The molecule has 0 aromatic heterocycles. The van der Waals surface area contributed by atoms with E-state index >= 15 is 0 Å². The molecule has 2 heterocycles. The molecule has 2 aliphatic rings. The van der Waals surface area contributed by atoms with E-state index in [-0.39, 0.29) is 19.3 Å². The summed E-state index contributed by atoms with van der Waals surface area (Å²) in [7, 11) is 0. The number of fused-ring (bicyclic) bond motifs is 1. The second kappa shape index (κ2) is 5.77. The van der Waals surface area contributed by atoms with Gasteiger partial charge in [-0.1, -0.05) is 11.6 Å². The third-order valence-electron chi connectivity index (χ3n) is 3.98. The van der Waals surface area contributed by atoms with Crippen LogP contribution in [0.1, 0.15) is 12.0 Å². The minimum Gasteiger partial charge on any atom is -0.454 e. The van der Waals surface area contributed by atoms with E-state index in [2.05, 4.69) is 4.90 Å². The highest BCUT2D eigenvalue weighted by atomic mass is 35.5. The third kappa shape index (κ3) is 2.72. The zero-order valence-corrected chi connectivity index (χ0v) is 11.8. The van der Waals surface area contributed by atoms with Crippen molar-refractivity contribution in [1.29, 1.82) is 0 Å². The van der Waals surface area contributed by atoms with Crippen LogP contribution >= 0.6 is 11.6 Å². The van der Waals surface area contributed by atoms with Crippen LogP contribution in [-0.4, -0.2) is 47.7 Å². The second-order valence-corrected chi connectivity index (χ2v) is 5.74. The van der Waals surface area contributed by atoms with E-state index < -0.39 is 6.10 Å². The van der Waals surface area contributed by atoms with Crippen molar-refractivity contribution in [1.82, 2.24) is 4.90 Å². The molecule has 0 amide bonds. The molecule has 2 aliphatic heterocycles. The van der Waals surface area contributed by atoms with Crippen LogP contribution in [0.5, 0.6) is 11.5 Å². The Hall–Kier alpha value is -1.01. The molecule has 2 atom stereocenters. The predicted molar refractivity (Wildman–Crippen MR) is 74.1 cm³/mol. The topological polar surface area (TPSA) is 62.2 Å². The number of aliphatic hydroxyl groups is 2. The van der Waals surface area contributed by atoms with Crippen LogP contribution in [0.2, 0.25) is 5.02 Å². The zero-order valence-electron chi connectivity index (χ0n) is 11.1. The zero-order chi connectivity index (χ0) is 14.1. The molecule has 6 heteroatoms. The molecule has 1 saturated heterocycles. The molecule has 5 nitrogen and oxygen atoms in total. The summed E-state index contributed by atoms with van der Waals surface area (Å²) in [5.74, 6) is 1.38. The van der Waals surface area contributed by atoms with E-state index in [1.807, 2.05) is 6.07 Å². The lowest BCUT2D eigenvalue weighted by atomic mass is 9.94. The SMILES string of the molecule is OC[C@@H]1CCN(Cc2cc3c(cc2Cl)OCO3)C[C@H]1O. The van der Waals surface area contributed by atoms with E-state index in [4.69, 9.17) is 26.2 Å². The van der Waals surface area contributed by atoms with Gasteiger partial charge in [-0.3, -0.25) is 4.90 Å². The molecule has 1 aromatic carbocycles. The first-order chi connectivity index (χ1) is 9.67. The summed E-state index contributed by atoms with van der Waals surface area (Å²) in [6.45, 7) is 2.32. The van der Waals surface area contributed by atoms with E-state index in [0.29, 0.717) is 23.9 Å². The first-order valence-corrected chi connectivity index (χ1v) is 7.14. The van der Waals surface area contributed by atoms with Gasteiger partial charge < -0.3 is 19.7 Å². The molecular formula is C14H18ClNO4. The fraction of sp³-hybridized carbons (Fsp3) is 0.571. The fourth-order valence-corrected chi connectivity index (χ4v) is 2.94. The number of hydrogen-bond acceptors (Lipinski definition) is 5. The molecule has 0 saturated carbocycles. The minimum absolute atomic E-state index is 0.0153. The lowest BCUT2D eigenvalue weighted by molar-refractivity contribution is -0.00444. The van der Waals surface area contributed by atoms with Crippen molar-refractivity contribution in [3.63, 3.8) is 0 Å². The highest BCUT2D eigenvalue weighted by Crippen LogP contribution is 2.37. The monoisotopic (exact) mass is 299 g/mol. The molecule has 3 rings (SSSR count). The number of hydrogen-bond donors (Lipinski definition) is 2. The molecule has 1 aromatic rings. The number of β-amino-alcohol motifs (C(OH)–C–C–N with tert-alkyl or cyclic N) is 1. The van der Waals surface area contributed by atoms with Crippen LogP contribution in [0, 0.1) is 5.92 Å². The molecule has 0 radical (unpaired) electrons. The van der Waals surface area contributed by atoms with E-state index in [0.717, 1.165) is 24.3 Å². The van der Waals surface area contributed by atoms with Crippen molar-refractivity contribution in [2.75, 3.05) is 26.5 Å². The molecule has 0 spiro atoms. The quantitative estimate of drug-likeness (QED) is 0.879. The van der Waals surface area contributed by atoms with Crippen LogP contribution in [0.3, 0.4) is 0 Å². The van der Waals surface area contributed by atoms with Gasteiger partial charge in [0.25, 0.3) is 0 Å². The average Bonchev–Trinajstić information content (AvgIpc) is 2.86. The molecule has 110 valence electrons. The van der Waals surface area contributed by atoms with Crippen LogP contribution in [0.4, 0.5) is 0 Å². The fourth-order valence-electron chi connectivity index (χ4n) is 2.72. The highest BCUT2D eigenvalue weighted by Gasteiger charge is 2.27. The van der Waals surface area contributed by atoms with Gasteiger partial charge >= 0.3 is 0 Å². The summed E-state index contributed by atoms with van der Waals surface area (Å²) >= 11 is 6.25. The van der Waals surface area contributed by atoms with Gasteiger partial charge in [0.2, 0.25) is 6.79 Å². The van der Waals surface area contributed by atoms with Crippen molar-refractivity contribution in [3.8, 4) is 11.5 Å². The molecule has 2 N–H and O–H groups in total. The van der Waals surface area contributed by atoms with Crippen molar-refractivity contribution >= 4 is 11.6 Å². The number of ether oxygens (including phenoxy) is 2. The van der Waals surface area contributed by atoms with Gasteiger partial charge in [0.05, 0.1) is 6.10 Å². The van der Waals surface area contributed by atoms with Gasteiger partial charge in [0.1, 0.15) is 0 Å². The maximum Gasteiger partial charge on any atom is 0.231 e. The van der Waals surface area contributed by atoms with Crippen molar-refractivity contribution in [2.24, 2.45) is 5.92 Å². The molecular weight excluding hydrogens is 282 g/mol. The molecule has 20 heavy (non-hydrogen) atoms. The van der Waals surface area contributed by atoms with E-state index in [1.165, 1.54) is 0 Å². The number of rotatable bonds is 3. The summed E-state index contributed by atoms with van der Waals surface area (Å²) in [6.07, 6.45) is 0.307. The van der Waals surface area contributed by atoms with Crippen LogP contribution in [-0.2, 0) is 6.54 Å². The van der Waals surface area contributed by atoms with Gasteiger partial charge in [0.15, 0.2) is 11.5 Å². The molecule has 0 bridgehead atoms. The summed E-state index contributed by atoms with van der Waals surface area (Å²) in [6, 6.07) is 3.67. The maximum absolute atomic E-state index is 9.96. The lowest BCUT2D eigenvalue weighted by Gasteiger charge is -2.35. The van der Waals surface area contributed by atoms with Crippen LogP contribution < -0.4 is 9.47 Å². The first-order valence-electron chi connectivity index (χ1n) is 6.76. The van der Waals surface area contributed by atoms with E-state index in [1.54, 1.807) is 6.07 Å². The number of halogens is 1. The number of likely N-dealkylation sites (tertiary alicyclic amines) is 1.